The zero-order valence-electron chi connectivity index (χ0n) is 11.4. The minimum absolute atomic E-state index is 0.163. The molecule has 0 saturated carbocycles. The molecule has 100 valence electrons. The van der Waals surface area contributed by atoms with E-state index in [4.69, 9.17) is 0 Å². The van der Waals surface area contributed by atoms with Crippen LogP contribution in [0, 0.1) is 0 Å². The maximum Gasteiger partial charge on any atom is 0.287 e. The monoisotopic (exact) mass is 258 g/mol. The minimum Gasteiger partial charge on any atom is -0.378 e. The molecule has 0 saturated heterocycles. The molecular formula is C14H18N4O. The molecule has 1 aromatic heterocycles. The first kappa shape index (κ1) is 13.1. The molecule has 0 fully saturated rings. The maximum atomic E-state index is 11.9. The van der Waals surface area contributed by atoms with Gasteiger partial charge in [0, 0.05) is 45.8 Å². The highest BCUT2D eigenvalue weighted by Gasteiger charge is 2.09. The molecule has 5 heteroatoms. The Bertz CT molecular complexity index is 557. The summed E-state index contributed by atoms with van der Waals surface area (Å²) in [7, 11) is 5.80. The Morgan fingerprint density at radius 3 is 2.53 bits per heavy atom. The lowest BCUT2D eigenvalue weighted by Crippen LogP contribution is -2.25. The zero-order chi connectivity index (χ0) is 13.8. The number of carbonyl (C=O) groups excluding carboxylic acids is 1. The number of amides is 1. The molecule has 0 bridgehead atoms. The third-order valence-electron chi connectivity index (χ3n) is 2.93. The van der Waals surface area contributed by atoms with E-state index in [2.05, 4.69) is 10.3 Å². The number of hydrogen-bond donors (Lipinski definition) is 1. The molecule has 0 aliphatic rings. The van der Waals surface area contributed by atoms with Gasteiger partial charge in [0.15, 0.2) is 5.82 Å². The Kier molecular flexibility index (Phi) is 3.85. The topological polar surface area (TPSA) is 50.2 Å². The predicted octanol–water partition coefficient (Wildman–Crippen LogP) is 1.42. The molecule has 0 spiro atoms. The second-order valence-electron chi connectivity index (χ2n) is 4.61. The van der Waals surface area contributed by atoms with Gasteiger partial charge in [0.1, 0.15) is 0 Å². The van der Waals surface area contributed by atoms with E-state index in [9.17, 15) is 4.79 Å². The first-order valence-corrected chi connectivity index (χ1v) is 6.09. The first-order chi connectivity index (χ1) is 9.08. The van der Waals surface area contributed by atoms with Crippen molar-refractivity contribution in [1.82, 2.24) is 14.9 Å². The van der Waals surface area contributed by atoms with Crippen LogP contribution < -0.4 is 10.2 Å². The first-order valence-electron chi connectivity index (χ1n) is 6.09. The highest BCUT2D eigenvalue weighted by molar-refractivity contribution is 5.90. The molecule has 5 nitrogen and oxygen atoms in total. The highest BCUT2D eigenvalue weighted by atomic mass is 16.2. The van der Waals surface area contributed by atoms with Crippen molar-refractivity contribution in [3.8, 4) is 0 Å². The summed E-state index contributed by atoms with van der Waals surface area (Å²) in [6, 6.07) is 8.08. The van der Waals surface area contributed by atoms with Crippen LogP contribution in [0.5, 0.6) is 0 Å². The van der Waals surface area contributed by atoms with Crippen molar-refractivity contribution >= 4 is 11.6 Å². The van der Waals surface area contributed by atoms with Crippen LogP contribution in [0.25, 0.3) is 0 Å². The standard InChI is InChI=1S/C14H18N4O/c1-17(2)12-6-4-11(5-7-12)10-16-14(19)13-15-8-9-18(13)3/h4-9H,10H2,1-3H3,(H,16,19). The van der Waals surface area contributed by atoms with Gasteiger partial charge in [-0.05, 0) is 17.7 Å². The van der Waals surface area contributed by atoms with Crippen molar-refractivity contribution in [3.63, 3.8) is 0 Å². The molecule has 0 aliphatic heterocycles. The molecule has 1 aromatic carbocycles. The van der Waals surface area contributed by atoms with Crippen molar-refractivity contribution in [1.29, 1.82) is 0 Å². The Morgan fingerprint density at radius 1 is 1.32 bits per heavy atom. The smallest absolute Gasteiger partial charge is 0.287 e. The van der Waals surface area contributed by atoms with Gasteiger partial charge in [-0.25, -0.2) is 4.98 Å². The lowest BCUT2D eigenvalue weighted by atomic mass is 10.2. The summed E-state index contributed by atoms with van der Waals surface area (Å²) in [5, 5.41) is 2.85. The zero-order valence-corrected chi connectivity index (χ0v) is 11.4. The summed E-state index contributed by atoms with van der Waals surface area (Å²) in [6.07, 6.45) is 3.36. The summed E-state index contributed by atoms with van der Waals surface area (Å²) in [4.78, 5) is 17.9. The van der Waals surface area contributed by atoms with Crippen LogP contribution in [0.1, 0.15) is 16.2 Å². The van der Waals surface area contributed by atoms with E-state index in [1.807, 2.05) is 43.3 Å². The summed E-state index contributed by atoms with van der Waals surface area (Å²) in [6.45, 7) is 0.499. The summed E-state index contributed by atoms with van der Waals surface area (Å²) < 4.78 is 1.70. The van der Waals surface area contributed by atoms with Crippen LogP contribution in [0.15, 0.2) is 36.7 Å². The minimum atomic E-state index is -0.163. The van der Waals surface area contributed by atoms with Gasteiger partial charge >= 0.3 is 0 Å². The fourth-order valence-corrected chi connectivity index (χ4v) is 1.76. The van der Waals surface area contributed by atoms with E-state index in [0.717, 1.165) is 11.3 Å². The van der Waals surface area contributed by atoms with E-state index in [1.165, 1.54) is 0 Å². The number of rotatable bonds is 4. The Labute approximate surface area is 112 Å². The summed E-state index contributed by atoms with van der Waals surface area (Å²) in [5.74, 6) is 0.258. The number of carbonyl (C=O) groups is 1. The van der Waals surface area contributed by atoms with Crippen LogP contribution in [-0.2, 0) is 13.6 Å². The molecular weight excluding hydrogens is 240 g/mol. The Morgan fingerprint density at radius 2 is 2.00 bits per heavy atom. The quantitative estimate of drug-likeness (QED) is 0.902. The SMILES string of the molecule is CN(C)c1ccc(CNC(=O)c2nccn2C)cc1. The number of nitrogens with one attached hydrogen (secondary N) is 1. The van der Waals surface area contributed by atoms with Gasteiger partial charge in [0.25, 0.3) is 5.91 Å². The molecule has 19 heavy (non-hydrogen) atoms. The van der Waals surface area contributed by atoms with Crippen molar-refractivity contribution < 1.29 is 4.79 Å². The molecule has 0 radical (unpaired) electrons. The van der Waals surface area contributed by atoms with Crippen molar-refractivity contribution in [2.24, 2.45) is 7.05 Å². The number of hydrogen-bond acceptors (Lipinski definition) is 3. The number of aromatic nitrogens is 2. The molecule has 2 aromatic rings. The fraction of sp³-hybridized carbons (Fsp3) is 0.286. The average Bonchev–Trinajstić information content (AvgIpc) is 2.83. The number of anilines is 1. The van der Waals surface area contributed by atoms with Gasteiger partial charge in [0.2, 0.25) is 0 Å². The lowest BCUT2D eigenvalue weighted by Gasteiger charge is -2.12. The average molecular weight is 258 g/mol. The van der Waals surface area contributed by atoms with Crippen LogP contribution in [-0.4, -0.2) is 29.6 Å². The Balaban J connectivity index is 1.95. The van der Waals surface area contributed by atoms with Gasteiger partial charge < -0.3 is 14.8 Å². The highest BCUT2D eigenvalue weighted by Crippen LogP contribution is 2.12. The van der Waals surface area contributed by atoms with E-state index in [1.54, 1.807) is 24.0 Å². The van der Waals surface area contributed by atoms with E-state index in [-0.39, 0.29) is 5.91 Å². The number of aryl methyl sites for hydroxylation is 1. The van der Waals surface area contributed by atoms with Gasteiger partial charge in [-0.2, -0.15) is 0 Å². The molecule has 1 heterocycles. The van der Waals surface area contributed by atoms with Crippen molar-refractivity contribution in [2.75, 3.05) is 19.0 Å². The third-order valence-corrected chi connectivity index (χ3v) is 2.93. The van der Waals surface area contributed by atoms with Gasteiger partial charge in [-0.1, -0.05) is 12.1 Å². The van der Waals surface area contributed by atoms with Crippen molar-refractivity contribution in [3.05, 3.63) is 48.0 Å². The van der Waals surface area contributed by atoms with Crippen LogP contribution in [0.2, 0.25) is 0 Å². The molecule has 0 aliphatic carbocycles. The molecule has 2 rings (SSSR count). The van der Waals surface area contributed by atoms with Crippen molar-refractivity contribution in [2.45, 2.75) is 6.54 Å². The number of benzene rings is 1. The second kappa shape index (κ2) is 5.56. The van der Waals surface area contributed by atoms with E-state index in [0.29, 0.717) is 12.4 Å². The lowest BCUT2D eigenvalue weighted by molar-refractivity contribution is 0.0937. The van der Waals surface area contributed by atoms with Crippen LogP contribution in [0.3, 0.4) is 0 Å². The normalized spacial score (nSPS) is 10.3. The molecule has 1 N–H and O–H groups in total. The maximum absolute atomic E-state index is 11.9. The molecule has 0 unspecified atom stereocenters. The third kappa shape index (κ3) is 3.13. The predicted molar refractivity (Wildman–Crippen MR) is 75.1 cm³/mol. The van der Waals surface area contributed by atoms with Crippen LogP contribution in [0.4, 0.5) is 5.69 Å². The van der Waals surface area contributed by atoms with Crippen LogP contribution >= 0.6 is 0 Å². The largest absolute Gasteiger partial charge is 0.378 e. The second-order valence-corrected chi connectivity index (χ2v) is 4.61. The summed E-state index contributed by atoms with van der Waals surface area (Å²) in [5.41, 5.74) is 2.20. The van der Waals surface area contributed by atoms with Gasteiger partial charge in [-0.3, -0.25) is 4.79 Å². The molecule has 1 amide bonds. The summed E-state index contributed by atoms with van der Waals surface area (Å²) >= 11 is 0. The molecule has 0 atom stereocenters. The number of nitrogens with zero attached hydrogens (tertiary/aromatic N) is 3. The van der Waals surface area contributed by atoms with E-state index >= 15 is 0 Å². The fourth-order valence-electron chi connectivity index (χ4n) is 1.76. The van der Waals surface area contributed by atoms with Gasteiger partial charge in [-0.15, -0.1) is 0 Å². The Hall–Kier alpha value is -2.30. The number of imidazole rings is 1. The van der Waals surface area contributed by atoms with Gasteiger partial charge in [0.05, 0.1) is 0 Å². The van der Waals surface area contributed by atoms with E-state index < -0.39 is 0 Å².